The summed E-state index contributed by atoms with van der Waals surface area (Å²) in [4.78, 5) is 26.0. The van der Waals surface area contributed by atoms with Crippen LogP contribution in [0.3, 0.4) is 0 Å². The van der Waals surface area contributed by atoms with Crippen molar-refractivity contribution in [2.75, 3.05) is 32.8 Å². The van der Waals surface area contributed by atoms with Crippen molar-refractivity contribution in [3.8, 4) is 11.1 Å². The van der Waals surface area contributed by atoms with Gasteiger partial charge in [0.25, 0.3) is 5.56 Å². The Morgan fingerprint density at radius 2 is 1.80 bits per heavy atom. The summed E-state index contributed by atoms with van der Waals surface area (Å²) in [6, 6.07) is 10.0. The summed E-state index contributed by atoms with van der Waals surface area (Å²) in [5.41, 5.74) is 1.49. The van der Waals surface area contributed by atoms with Gasteiger partial charge in [0.1, 0.15) is 0 Å². The predicted octanol–water partition coefficient (Wildman–Crippen LogP) is 1.94. The molecule has 6 heteroatoms. The molecule has 0 aliphatic carbocycles. The second-order valence-corrected chi connectivity index (χ2v) is 6.11. The van der Waals surface area contributed by atoms with Crippen LogP contribution in [0.25, 0.3) is 11.1 Å². The molecule has 2 heterocycles. The largest absolute Gasteiger partial charge is 0.478 e. The molecule has 132 valence electrons. The number of ether oxygens (including phenoxy) is 1. The van der Waals surface area contributed by atoms with Crippen LogP contribution in [0.5, 0.6) is 0 Å². The van der Waals surface area contributed by atoms with Gasteiger partial charge in [-0.3, -0.25) is 9.69 Å². The van der Waals surface area contributed by atoms with E-state index in [-0.39, 0.29) is 11.1 Å². The number of rotatable bonds is 6. The second-order valence-electron chi connectivity index (χ2n) is 6.11. The maximum absolute atomic E-state index is 12.7. The Morgan fingerprint density at radius 1 is 1.08 bits per heavy atom. The maximum Gasteiger partial charge on any atom is 0.335 e. The first-order valence-corrected chi connectivity index (χ1v) is 8.48. The van der Waals surface area contributed by atoms with Gasteiger partial charge in [0.15, 0.2) is 0 Å². The van der Waals surface area contributed by atoms with Crippen LogP contribution in [0.15, 0.2) is 47.4 Å². The lowest BCUT2D eigenvalue weighted by atomic mass is 10.1. The molecular formula is C19H22N2O4. The monoisotopic (exact) mass is 342 g/mol. The van der Waals surface area contributed by atoms with Gasteiger partial charge in [0.05, 0.1) is 18.8 Å². The quantitative estimate of drug-likeness (QED) is 0.869. The highest BCUT2D eigenvalue weighted by Crippen LogP contribution is 2.16. The van der Waals surface area contributed by atoms with Crippen molar-refractivity contribution in [1.29, 1.82) is 0 Å². The number of carbonyl (C=O) groups is 1. The van der Waals surface area contributed by atoms with Gasteiger partial charge in [-0.1, -0.05) is 12.1 Å². The molecule has 1 N–H and O–H groups in total. The molecule has 1 fully saturated rings. The summed E-state index contributed by atoms with van der Waals surface area (Å²) in [6.45, 7) is 5.07. The first-order valence-electron chi connectivity index (χ1n) is 8.48. The topological polar surface area (TPSA) is 71.8 Å². The summed E-state index contributed by atoms with van der Waals surface area (Å²) in [7, 11) is 0. The highest BCUT2D eigenvalue weighted by atomic mass is 16.5. The molecule has 0 spiro atoms. The Balaban J connectivity index is 1.69. The number of aromatic carboxylic acids is 1. The minimum atomic E-state index is -0.972. The van der Waals surface area contributed by atoms with E-state index < -0.39 is 5.97 Å². The lowest BCUT2D eigenvalue weighted by molar-refractivity contribution is 0.0369. The van der Waals surface area contributed by atoms with Crippen molar-refractivity contribution in [1.82, 2.24) is 9.47 Å². The molecule has 6 nitrogen and oxygen atoms in total. The average Bonchev–Trinajstić information content (AvgIpc) is 2.64. The Kier molecular flexibility index (Phi) is 5.63. The normalized spacial score (nSPS) is 15.2. The van der Waals surface area contributed by atoms with E-state index in [1.54, 1.807) is 29.0 Å². The first-order chi connectivity index (χ1) is 12.1. The van der Waals surface area contributed by atoms with Crippen LogP contribution in [-0.4, -0.2) is 53.4 Å². The highest BCUT2D eigenvalue weighted by Gasteiger charge is 2.11. The standard InChI is InChI=1S/C19H22N2O4/c22-18-17(15-4-6-16(7-5-15)19(23)24)3-1-9-21(18)10-2-8-20-11-13-25-14-12-20/h1,3-7,9H,2,8,10-14H2,(H,23,24). The zero-order valence-electron chi connectivity index (χ0n) is 14.1. The molecule has 1 aliphatic heterocycles. The third-order valence-corrected chi connectivity index (χ3v) is 4.44. The zero-order valence-corrected chi connectivity index (χ0v) is 14.1. The van der Waals surface area contributed by atoms with E-state index in [0.29, 0.717) is 12.1 Å². The van der Waals surface area contributed by atoms with Crippen molar-refractivity contribution in [2.45, 2.75) is 13.0 Å². The van der Waals surface area contributed by atoms with E-state index in [4.69, 9.17) is 9.84 Å². The number of hydrogen-bond donors (Lipinski definition) is 1. The molecule has 1 aromatic heterocycles. The Labute approximate surface area is 146 Å². The molecule has 0 radical (unpaired) electrons. The number of morpholine rings is 1. The van der Waals surface area contributed by atoms with Gasteiger partial charge in [-0.25, -0.2) is 4.79 Å². The molecule has 25 heavy (non-hydrogen) atoms. The van der Waals surface area contributed by atoms with E-state index in [0.717, 1.165) is 44.8 Å². The molecule has 0 amide bonds. The van der Waals surface area contributed by atoms with Crippen LogP contribution in [0.4, 0.5) is 0 Å². The van der Waals surface area contributed by atoms with Crippen LogP contribution in [-0.2, 0) is 11.3 Å². The molecule has 2 aromatic rings. The molecule has 1 saturated heterocycles. The van der Waals surface area contributed by atoms with Gasteiger partial charge in [0, 0.05) is 37.9 Å². The Bertz CT molecular complexity index is 777. The predicted molar refractivity (Wildman–Crippen MR) is 95.0 cm³/mol. The number of aryl methyl sites for hydroxylation is 1. The highest BCUT2D eigenvalue weighted by molar-refractivity contribution is 5.88. The Morgan fingerprint density at radius 3 is 2.48 bits per heavy atom. The van der Waals surface area contributed by atoms with Crippen LogP contribution >= 0.6 is 0 Å². The van der Waals surface area contributed by atoms with Crippen molar-refractivity contribution >= 4 is 5.97 Å². The van der Waals surface area contributed by atoms with Gasteiger partial charge in [-0.2, -0.15) is 0 Å². The number of carboxylic acids is 1. The summed E-state index contributed by atoms with van der Waals surface area (Å²) < 4.78 is 7.06. The summed E-state index contributed by atoms with van der Waals surface area (Å²) >= 11 is 0. The van der Waals surface area contributed by atoms with Gasteiger partial charge >= 0.3 is 5.97 Å². The number of hydrogen-bond acceptors (Lipinski definition) is 4. The second kappa shape index (κ2) is 8.09. The van der Waals surface area contributed by atoms with E-state index >= 15 is 0 Å². The fourth-order valence-corrected chi connectivity index (χ4v) is 3.01. The Hall–Kier alpha value is -2.44. The van der Waals surface area contributed by atoms with E-state index in [9.17, 15) is 9.59 Å². The van der Waals surface area contributed by atoms with Crippen LogP contribution < -0.4 is 5.56 Å². The number of benzene rings is 1. The van der Waals surface area contributed by atoms with Gasteiger partial charge in [-0.05, 0) is 36.2 Å². The van der Waals surface area contributed by atoms with Crippen molar-refractivity contribution in [3.05, 3.63) is 58.5 Å². The summed E-state index contributed by atoms with van der Waals surface area (Å²) in [5.74, 6) is -0.972. The molecule has 0 saturated carbocycles. The van der Waals surface area contributed by atoms with Gasteiger partial charge in [-0.15, -0.1) is 0 Å². The van der Waals surface area contributed by atoms with Crippen LogP contribution in [0, 0.1) is 0 Å². The third-order valence-electron chi connectivity index (χ3n) is 4.44. The number of pyridine rings is 1. The number of aromatic nitrogens is 1. The maximum atomic E-state index is 12.7. The number of carboxylic acid groups (broad SMARTS) is 1. The fourth-order valence-electron chi connectivity index (χ4n) is 3.01. The smallest absolute Gasteiger partial charge is 0.335 e. The van der Waals surface area contributed by atoms with E-state index in [1.165, 1.54) is 12.1 Å². The zero-order chi connectivity index (χ0) is 17.6. The molecule has 0 unspecified atom stereocenters. The lowest BCUT2D eigenvalue weighted by Crippen LogP contribution is -2.37. The minimum absolute atomic E-state index is 0.0486. The number of nitrogens with zero attached hydrogens (tertiary/aromatic N) is 2. The molecule has 0 atom stereocenters. The average molecular weight is 342 g/mol. The van der Waals surface area contributed by atoms with Gasteiger partial charge in [0.2, 0.25) is 0 Å². The summed E-state index contributed by atoms with van der Waals surface area (Å²) in [5, 5.41) is 8.97. The molecule has 3 rings (SSSR count). The molecule has 1 aromatic carbocycles. The van der Waals surface area contributed by atoms with Crippen LogP contribution in [0.1, 0.15) is 16.8 Å². The van der Waals surface area contributed by atoms with Crippen LogP contribution in [0.2, 0.25) is 0 Å². The molecule has 1 aliphatic rings. The first kappa shape index (κ1) is 17.4. The van der Waals surface area contributed by atoms with Gasteiger partial charge < -0.3 is 14.4 Å². The van der Waals surface area contributed by atoms with Crippen molar-refractivity contribution in [3.63, 3.8) is 0 Å². The van der Waals surface area contributed by atoms with E-state index in [1.807, 2.05) is 6.07 Å². The SMILES string of the molecule is O=C(O)c1ccc(-c2cccn(CCCN3CCOCC3)c2=O)cc1. The van der Waals surface area contributed by atoms with E-state index in [2.05, 4.69) is 4.90 Å². The fraction of sp³-hybridized carbons (Fsp3) is 0.368. The summed E-state index contributed by atoms with van der Waals surface area (Å²) in [6.07, 6.45) is 2.71. The minimum Gasteiger partial charge on any atom is -0.478 e. The third kappa shape index (κ3) is 4.35. The molecular weight excluding hydrogens is 320 g/mol. The molecule has 0 bridgehead atoms. The van der Waals surface area contributed by atoms with Crippen molar-refractivity contribution < 1.29 is 14.6 Å². The van der Waals surface area contributed by atoms with Crippen molar-refractivity contribution in [2.24, 2.45) is 0 Å². The lowest BCUT2D eigenvalue weighted by Gasteiger charge is -2.26.